The zero-order chi connectivity index (χ0) is 10.1. The molecule has 0 saturated carbocycles. The Labute approximate surface area is 85.2 Å². The van der Waals surface area contributed by atoms with Gasteiger partial charge in [0.1, 0.15) is 6.29 Å². The number of benzene rings is 1. The molecule has 0 atom stereocenters. The van der Waals surface area contributed by atoms with E-state index in [1.54, 1.807) is 18.2 Å². The molecule has 0 fully saturated rings. The quantitative estimate of drug-likeness (QED) is 0.691. The number of thiophene rings is 1. The first-order valence-electron chi connectivity index (χ1n) is 4.42. The van der Waals surface area contributed by atoms with Crippen molar-refractivity contribution in [3.63, 3.8) is 0 Å². The van der Waals surface area contributed by atoms with Gasteiger partial charge in [-0.2, -0.15) is 4.39 Å². The van der Waals surface area contributed by atoms with Crippen molar-refractivity contribution >= 4 is 27.7 Å². The first kappa shape index (κ1) is 9.34. The molecule has 0 N–H and O–H groups in total. The van der Waals surface area contributed by atoms with Gasteiger partial charge in [-0.3, -0.25) is 4.79 Å². The maximum absolute atomic E-state index is 13.4. The molecular weight excluding hydrogens is 199 g/mol. The van der Waals surface area contributed by atoms with E-state index in [9.17, 15) is 9.18 Å². The Morgan fingerprint density at radius 2 is 2.29 bits per heavy atom. The van der Waals surface area contributed by atoms with Crippen LogP contribution in [0.5, 0.6) is 0 Å². The van der Waals surface area contributed by atoms with Gasteiger partial charge in [-0.15, -0.1) is 11.3 Å². The average molecular weight is 208 g/mol. The summed E-state index contributed by atoms with van der Waals surface area (Å²) in [4.78, 5) is 10.6. The third-order valence-corrected chi connectivity index (χ3v) is 3.26. The van der Waals surface area contributed by atoms with Gasteiger partial charge in [0.15, 0.2) is 5.13 Å². The number of rotatable bonds is 2. The van der Waals surface area contributed by atoms with Crippen LogP contribution in [0.25, 0.3) is 10.1 Å². The highest BCUT2D eigenvalue weighted by Crippen LogP contribution is 2.30. The SMILES string of the molecule is CCc1c(F)sc2ccc(C=O)cc12. The first-order valence-corrected chi connectivity index (χ1v) is 5.24. The minimum absolute atomic E-state index is 0.134. The second-order valence-corrected chi connectivity index (χ2v) is 4.08. The second kappa shape index (κ2) is 3.50. The molecule has 3 heteroatoms. The van der Waals surface area contributed by atoms with Gasteiger partial charge in [0.05, 0.1) is 0 Å². The zero-order valence-electron chi connectivity index (χ0n) is 7.71. The largest absolute Gasteiger partial charge is 0.298 e. The molecule has 0 aliphatic carbocycles. The fourth-order valence-electron chi connectivity index (χ4n) is 1.54. The van der Waals surface area contributed by atoms with Crippen LogP contribution in [-0.4, -0.2) is 6.29 Å². The fourth-order valence-corrected chi connectivity index (χ4v) is 2.54. The lowest BCUT2D eigenvalue weighted by atomic mass is 10.1. The first-order chi connectivity index (χ1) is 6.76. The zero-order valence-corrected chi connectivity index (χ0v) is 8.53. The van der Waals surface area contributed by atoms with E-state index < -0.39 is 0 Å². The smallest absolute Gasteiger partial charge is 0.180 e. The molecule has 0 radical (unpaired) electrons. The van der Waals surface area contributed by atoms with E-state index in [1.165, 1.54) is 0 Å². The van der Waals surface area contributed by atoms with Crippen LogP contribution in [-0.2, 0) is 6.42 Å². The fraction of sp³-hybridized carbons (Fsp3) is 0.182. The summed E-state index contributed by atoms with van der Waals surface area (Å²) in [7, 11) is 0. The van der Waals surface area contributed by atoms with Crippen molar-refractivity contribution in [2.75, 3.05) is 0 Å². The molecule has 0 aliphatic heterocycles. The summed E-state index contributed by atoms with van der Waals surface area (Å²) in [5.41, 5.74) is 1.32. The lowest BCUT2D eigenvalue weighted by molar-refractivity contribution is 0.112. The van der Waals surface area contributed by atoms with Gasteiger partial charge in [-0.05, 0) is 23.9 Å². The van der Waals surface area contributed by atoms with E-state index >= 15 is 0 Å². The van der Waals surface area contributed by atoms with E-state index in [-0.39, 0.29) is 5.13 Å². The molecule has 0 bridgehead atoms. The second-order valence-electron chi connectivity index (χ2n) is 3.08. The summed E-state index contributed by atoms with van der Waals surface area (Å²) in [5, 5.41) is 0.741. The number of carbonyl (C=O) groups is 1. The van der Waals surface area contributed by atoms with Gasteiger partial charge in [-0.25, -0.2) is 0 Å². The highest BCUT2D eigenvalue weighted by Gasteiger charge is 2.10. The Balaban J connectivity index is 2.77. The molecule has 0 saturated heterocycles. The highest BCUT2D eigenvalue weighted by molar-refractivity contribution is 7.17. The topological polar surface area (TPSA) is 17.1 Å². The normalized spacial score (nSPS) is 10.7. The van der Waals surface area contributed by atoms with Crippen LogP contribution in [0, 0.1) is 5.13 Å². The van der Waals surface area contributed by atoms with Crippen molar-refractivity contribution in [3.8, 4) is 0 Å². The van der Waals surface area contributed by atoms with E-state index in [2.05, 4.69) is 0 Å². The summed E-state index contributed by atoms with van der Waals surface area (Å²) >= 11 is 1.14. The number of aldehydes is 1. The van der Waals surface area contributed by atoms with Crippen molar-refractivity contribution in [1.29, 1.82) is 0 Å². The Bertz CT molecular complexity index is 487. The summed E-state index contributed by atoms with van der Waals surface area (Å²) in [6, 6.07) is 5.26. The van der Waals surface area contributed by atoms with Crippen molar-refractivity contribution in [3.05, 3.63) is 34.5 Å². The minimum atomic E-state index is -0.134. The Hall–Kier alpha value is -1.22. The van der Waals surface area contributed by atoms with Gasteiger partial charge in [0, 0.05) is 15.8 Å². The van der Waals surface area contributed by atoms with Crippen molar-refractivity contribution in [2.24, 2.45) is 0 Å². The molecule has 0 amide bonds. The predicted octanol–water partition coefficient (Wildman–Crippen LogP) is 3.42. The Morgan fingerprint density at radius 1 is 1.50 bits per heavy atom. The number of carbonyl (C=O) groups excluding carboxylic acids is 1. The van der Waals surface area contributed by atoms with Crippen LogP contribution in [0.1, 0.15) is 22.8 Å². The summed E-state index contributed by atoms with van der Waals surface area (Å²) in [5.74, 6) is 0. The Kier molecular flexibility index (Phi) is 2.33. The number of hydrogen-bond acceptors (Lipinski definition) is 2. The lowest BCUT2D eigenvalue weighted by Gasteiger charge is -1.95. The van der Waals surface area contributed by atoms with Crippen molar-refractivity contribution in [1.82, 2.24) is 0 Å². The molecule has 14 heavy (non-hydrogen) atoms. The third kappa shape index (κ3) is 1.34. The summed E-state index contributed by atoms with van der Waals surface area (Å²) in [6.07, 6.45) is 1.45. The molecule has 72 valence electrons. The monoisotopic (exact) mass is 208 g/mol. The molecule has 1 heterocycles. The van der Waals surface area contributed by atoms with Gasteiger partial charge < -0.3 is 0 Å². The van der Waals surface area contributed by atoms with Crippen molar-refractivity contribution < 1.29 is 9.18 Å². The lowest BCUT2D eigenvalue weighted by Crippen LogP contribution is -1.82. The van der Waals surface area contributed by atoms with Crippen molar-refractivity contribution in [2.45, 2.75) is 13.3 Å². The predicted molar refractivity (Wildman–Crippen MR) is 56.5 cm³/mol. The molecule has 2 rings (SSSR count). The highest BCUT2D eigenvalue weighted by atomic mass is 32.1. The van der Waals surface area contributed by atoms with Gasteiger partial charge >= 0.3 is 0 Å². The standard InChI is InChI=1S/C11H9FOS/c1-2-8-9-5-7(6-13)3-4-10(9)14-11(8)12/h3-6H,2H2,1H3. The maximum atomic E-state index is 13.4. The van der Waals surface area contributed by atoms with E-state index in [0.29, 0.717) is 17.5 Å². The number of hydrogen-bond donors (Lipinski definition) is 0. The van der Waals surface area contributed by atoms with E-state index in [4.69, 9.17) is 0 Å². The molecular formula is C11H9FOS. The number of halogens is 1. The number of aryl methyl sites for hydroxylation is 1. The molecule has 0 spiro atoms. The molecule has 1 aromatic heterocycles. The van der Waals surface area contributed by atoms with E-state index in [1.807, 2.05) is 6.92 Å². The molecule has 0 aliphatic rings. The molecule has 1 aromatic carbocycles. The molecule has 1 nitrogen and oxygen atoms in total. The molecule has 2 aromatic rings. The van der Waals surface area contributed by atoms with Crippen LogP contribution in [0.3, 0.4) is 0 Å². The van der Waals surface area contributed by atoms with E-state index in [0.717, 1.165) is 27.7 Å². The Morgan fingerprint density at radius 3 is 2.93 bits per heavy atom. The van der Waals surface area contributed by atoms with Gasteiger partial charge in [-0.1, -0.05) is 13.0 Å². The number of fused-ring (bicyclic) bond motifs is 1. The maximum Gasteiger partial charge on any atom is 0.180 e. The van der Waals surface area contributed by atoms with Crippen LogP contribution in [0.2, 0.25) is 0 Å². The third-order valence-electron chi connectivity index (χ3n) is 2.26. The minimum Gasteiger partial charge on any atom is -0.298 e. The van der Waals surface area contributed by atoms with Crippen LogP contribution >= 0.6 is 11.3 Å². The molecule has 0 unspecified atom stereocenters. The van der Waals surface area contributed by atoms with Gasteiger partial charge in [0.25, 0.3) is 0 Å². The van der Waals surface area contributed by atoms with Gasteiger partial charge in [0.2, 0.25) is 0 Å². The summed E-state index contributed by atoms with van der Waals surface area (Å²) < 4.78 is 14.3. The summed E-state index contributed by atoms with van der Waals surface area (Å²) in [6.45, 7) is 1.91. The van der Waals surface area contributed by atoms with Crippen LogP contribution in [0.15, 0.2) is 18.2 Å². The van der Waals surface area contributed by atoms with Crippen LogP contribution in [0.4, 0.5) is 4.39 Å². The average Bonchev–Trinajstić information content (AvgIpc) is 2.52. The van der Waals surface area contributed by atoms with Crippen LogP contribution < -0.4 is 0 Å².